The van der Waals surface area contributed by atoms with Crippen LogP contribution in [0.2, 0.25) is 0 Å². The molecule has 3 aromatic carbocycles. The largest absolute Gasteiger partial charge is 0.314 e. The SMILES string of the molecule is N#CCCCSc1nc(-c2ccccc2)c(-c2ccccc2)n1Cc1ccccc1. The van der Waals surface area contributed by atoms with Crippen LogP contribution in [0.4, 0.5) is 0 Å². The highest BCUT2D eigenvalue weighted by atomic mass is 32.2. The maximum atomic E-state index is 8.88. The van der Waals surface area contributed by atoms with Crippen molar-refractivity contribution in [3.63, 3.8) is 0 Å². The molecule has 0 bridgehead atoms. The quantitative estimate of drug-likeness (QED) is 0.241. The Labute approximate surface area is 182 Å². The molecule has 1 heterocycles. The van der Waals surface area contributed by atoms with Gasteiger partial charge >= 0.3 is 0 Å². The van der Waals surface area contributed by atoms with Gasteiger partial charge in [-0.3, -0.25) is 0 Å². The first-order valence-electron chi connectivity index (χ1n) is 10.1. The number of benzene rings is 3. The van der Waals surface area contributed by atoms with Crippen molar-refractivity contribution in [1.29, 1.82) is 5.26 Å². The number of nitrogens with zero attached hydrogens (tertiary/aromatic N) is 3. The van der Waals surface area contributed by atoms with Crippen LogP contribution in [0, 0.1) is 11.3 Å². The molecule has 0 aliphatic carbocycles. The third-order valence-electron chi connectivity index (χ3n) is 4.87. The molecule has 0 atom stereocenters. The fourth-order valence-electron chi connectivity index (χ4n) is 3.46. The van der Waals surface area contributed by atoms with E-state index in [4.69, 9.17) is 10.2 Å². The Kier molecular flexibility index (Phi) is 6.64. The van der Waals surface area contributed by atoms with Crippen LogP contribution < -0.4 is 0 Å². The Hall–Kier alpha value is -3.29. The van der Waals surface area contributed by atoms with Crippen LogP contribution in [0.25, 0.3) is 22.5 Å². The molecular weight excluding hydrogens is 386 g/mol. The van der Waals surface area contributed by atoms with Crippen LogP contribution in [0.15, 0.2) is 96.2 Å². The topological polar surface area (TPSA) is 41.6 Å². The molecule has 0 saturated carbocycles. The second kappa shape index (κ2) is 9.96. The zero-order valence-corrected chi connectivity index (χ0v) is 17.6. The molecule has 0 saturated heterocycles. The summed E-state index contributed by atoms with van der Waals surface area (Å²) in [7, 11) is 0. The summed E-state index contributed by atoms with van der Waals surface area (Å²) >= 11 is 1.73. The summed E-state index contributed by atoms with van der Waals surface area (Å²) in [6.07, 6.45) is 1.43. The van der Waals surface area contributed by atoms with E-state index < -0.39 is 0 Å². The molecule has 1 aromatic heterocycles. The molecule has 0 radical (unpaired) electrons. The molecule has 0 unspecified atom stereocenters. The Morgan fingerprint density at radius 1 is 0.800 bits per heavy atom. The fraction of sp³-hybridized carbons (Fsp3) is 0.154. The smallest absolute Gasteiger partial charge is 0.169 e. The van der Waals surface area contributed by atoms with E-state index in [1.165, 1.54) is 5.56 Å². The number of aromatic nitrogens is 2. The molecule has 0 fully saturated rings. The number of hydrogen-bond donors (Lipinski definition) is 0. The van der Waals surface area contributed by atoms with Crippen molar-refractivity contribution in [2.45, 2.75) is 24.5 Å². The van der Waals surface area contributed by atoms with Crippen molar-refractivity contribution in [2.24, 2.45) is 0 Å². The van der Waals surface area contributed by atoms with Crippen LogP contribution in [0.5, 0.6) is 0 Å². The predicted molar refractivity (Wildman–Crippen MR) is 124 cm³/mol. The first kappa shape index (κ1) is 20.0. The van der Waals surface area contributed by atoms with E-state index >= 15 is 0 Å². The summed E-state index contributed by atoms with van der Waals surface area (Å²) in [4.78, 5) is 5.09. The van der Waals surface area contributed by atoms with E-state index in [0.29, 0.717) is 6.42 Å². The number of unbranched alkanes of at least 4 members (excludes halogenated alkanes) is 1. The van der Waals surface area contributed by atoms with Gasteiger partial charge in [0.1, 0.15) is 0 Å². The molecule has 0 amide bonds. The van der Waals surface area contributed by atoms with Gasteiger partial charge in [0.05, 0.1) is 24.0 Å². The maximum Gasteiger partial charge on any atom is 0.169 e. The van der Waals surface area contributed by atoms with Gasteiger partial charge in [-0.25, -0.2) is 4.98 Å². The fourth-order valence-corrected chi connectivity index (χ4v) is 4.39. The van der Waals surface area contributed by atoms with Crippen LogP contribution >= 0.6 is 11.8 Å². The van der Waals surface area contributed by atoms with Gasteiger partial charge in [0.15, 0.2) is 5.16 Å². The van der Waals surface area contributed by atoms with E-state index in [-0.39, 0.29) is 0 Å². The van der Waals surface area contributed by atoms with Gasteiger partial charge in [-0.05, 0) is 12.0 Å². The summed E-state index contributed by atoms with van der Waals surface area (Å²) in [5.41, 5.74) is 5.64. The number of rotatable bonds is 8. The standard InChI is InChI=1S/C26H23N3S/c27-18-10-11-19-30-26-28-24(22-14-6-2-7-15-22)25(23-16-8-3-9-17-23)29(26)20-21-12-4-1-5-13-21/h1-9,12-17H,10-11,19-20H2. The summed E-state index contributed by atoms with van der Waals surface area (Å²) in [5.74, 6) is 0.877. The van der Waals surface area contributed by atoms with Crippen LogP contribution in [-0.4, -0.2) is 15.3 Å². The van der Waals surface area contributed by atoms with Gasteiger partial charge in [-0.1, -0.05) is 103 Å². The van der Waals surface area contributed by atoms with E-state index in [1.807, 2.05) is 18.2 Å². The maximum absolute atomic E-state index is 8.88. The third kappa shape index (κ3) is 4.64. The van der Waals surface area contributed by atoms with Gasteiger partial charge in [-0.2, -0.15) is 5.26 Å². The molecule has 0 aliphatic rings. The van der Waals surface area contributed by atoms with Gasteiger partial charge in [0, 0.05) is 23.3 Å². The highest BCUT2D eigenvalue weighted by Crippen LogP contribution is 2.36. The van der Waals surface area contributed by atoms with Crippen LogP contribution in [-0.2, 0) is 6.54 Å². The Bertz CT molecular complexity index is 1110. The lowest BCUT2D eigenvalue weighted by Crippen LogP contribution is -2.04. The van der Waals surface area contributed by atoms with Crippen LogP contribution in [0.3, 0.4) is 0 Å². The average molecular weight is 410 g/mol. The highest BCUT2D eigenvalue weighted by molar-refractivity contribution is 7.99. The molecule has 0 N–H and O–H groups in total. The summed E-state index contributed by atoms with van der Waals surface area (Å²) in [6.45, 7) is 0.755. The third-order valence-corrected chi connectivity index (χ3v) is 5.94. The van der Waals surface area contributed by atoms with Crippen molar-refractivity contribution >= 4 is 11.8 Å². The number of thioether (sulfide) groups is 1. The lowest BCUT2D eigenvalue weighted by Gasteiger charge is -2.13. The highest BCUT2D eigenvalue weighted by Gasteiger charge is 2.20. The minimum Gasteiger partial charge on any atom is -0.314 e. The number of imidazole rings is 1. The van der Waals surface area contributed by atoms with Crippen molar-refractivity contribution in [3.05, 3.63) is 96.6 Å². The van der Waals surface area contributed by atoms with E-state index in [0.717, 1.165) is 46.4 Å². The first-order chi connectivity index (χ1) is 14.9. The lowest BCUT2D eigenvalue weighted by molar-refractivity contribution is 0.714. The van der Waals surface area contributed by atoms with Gasteiger partial charge in [0.2, 0.25) is 0 Å². The zero-order valence-electron chi connectivity index (χ0n) is 16.7. The summed E-state index contributed by atoms with van der Waals surface area (Å²) in [6, 6.07) is 33.6. The molecule has 3 nitrogen and oxygen atoms in total. The van der Waals surface area contributed by atoms with Gasteiger partial charge < -0.3 is 4.57 Å². The predicted octanol–water partition coefficient (Wildman–Crippen LogP) is 6.66. The molecule has 4 aromatic rings. The van der Waals surface area contributed by atoms with Gasteiger partial charge in [-0.15, -0.1) is 0 Å². The Morgan fingerprint density at radius 2 is 1.40 bits per heavy atom. The lowest BCUT2D eigenvalue weighted by atomic mass is 10.0. The molecule has 30 heavy (non-hydrogen) atoms. The van der Waals surface area contributed by atoms with Gasteiger partial charge in [0.25, 0.3) is 0 Å². The summed E-state index contributed by atoms with van der Waals surface area (Å²) in [5, 5.41) is 9.87. The van der Waals surface area contributed by atoms with Crippen molar-refractivity contribution in [2.75, 3.05) is 5.75 Å². The average Bonchev–Trinajstić information content (AvgIpc) is 3.16. The van der Waals surface area contributed by atoms with Crippen LogP contribution in [0.1, 0.15) is 18.4 Å². The Balaban J connectivity index is 1.84. The Morgan fingerprint density at radius 3 is 2.03 bits per heavy atom. The molecule has 0 aliphatic heterocycles. The molecule has 4 rings (SSSR count). The van der Waals surface area contributed by atoms with E-state index in [2.05, 4.69) is 83.4 Å². The first-order valence-corrected chi connectivity index (χ1v) is 11.1. The molecule has 148 valence electrons. The van der Waals surface area contributed by atoms with Crippen molar-refractivity contribution < 1.29 is 0 Å². The summed E-state index contributed by atoms with van der Waals surface area (Å²) < 4.78 is 2.32. The number of nitriles is 1. The van der Waals surface area contributed by atoms with Crippen molar-refractivity contribution in [3.8, 4) is 28.6 Å². The molecular formula is C26H23N3S. The molecule has 0 spiro atoms. The van der Waals surface area contributed by atoms with Crippen molar-refractivity contribution in [1.82, 2.24) is 9.55 Å². The monoisotopic (exact) mass is 409 g/mol. The zero-order chi connectivity index (χ0) is 20.6. The normalized spacial score (nSPS) is 10.6. The van der Waals surface area contributed by atoms with E-state index in [1.54, 1.807) is 11.8 Å². The number of hydrogen-bond acceptors (Lipinski definition) is 3. The second-order valence-electron chi connectivity index (χ2n) is 7.01. The molecule has 4 heteroatoms. The van der Waals surface area contributed by atoms with E-state index in [9.17, 15) is 0 Å². The second-order valence-corrected chi connectivity index (χ2v) is 8.07. The minimum absolute atomic E-state index is 0.573. The minimum atomic E-state index is 0.573.